The Morgan fingerprint density at radius 2 is 1.73 bits per heavy atom. The van der Waals surface area contributed by atoms with Crippen LogP contribution in [0, 0.1) is 26.1 Å². The van der Waals surface area contributed by atoms with E-state index < -0.39 is 21.9 Å². The van der Waals surface area contributed by atoms with Gasteiger partial charge in [0.25, 0.3) is 0 Å². The molecular weight excluding hydrogens is 220 g/mol. The van der Waals surface area contributed by atoms with Crippen molar-refractivity contribution in [2.75, 3.05) is 5.33 Å². The van der Waals surface area contributed by atoms with Crippen LogP contribution in [-0.2, 0) is 0 Å². The maximum absolute atomic E-state index is 10.1. The molecule has 0 aliphatic rings. The third-order valence-corrected chi connectivity index (χ3v) is 2.21. The number of alkyl halides is 1. The second-order valence-electron chi connectivity index (χ2n) is 2.12. The summed E-state index contributed by atoms with van der Waals surface area (Å²) in [6, 6.07) is 0. The van der Waals surface area contributed by atoms with Gasteiger partial charge in [-0.2, -0.15) is 0 Å². The summed E-state index contributed by atoms with van der Waals surface area (Å²) in [5.41, 5.74) is 0. The average Bonchev–Trinajstić information content (AvgIpc) is 1.85. The Bertz CT molecular complexity index is 159. The summed E-state index contributed by atoms with van der Waals surface area (Å²) in [4.78, 5) is 18.4. The lowest BCUT2D eigenvalue weighted by molar-refractivity contribution is -0.749. The topological polar surface area (TPSA) is 86.3 Å². The summed E-state index contributed by atoms with van der Waals surface area (Å²) in [6.07, 6.45) is -1.70. The second kappa shape index (κ2) is 4.22. The van der Waals surface area contributed by atoms with Crippen molar-refractivity contribution < 1.29 is 9.85 Å². The minimum absolute atomic E-state index is 0.250. The van der Waals surface area contributed by atoms with Crippen molar-refractivity contribution in [3.8, 4) is 0 Å². The maximum atomic E-state index is 10.1. The van der Waals surface area contributed by atoms with Crippen LogP contribution in [0.5, 0.6) is 0 Å². The number of nitro groups is 2. The summed E-state index contributed by atoms with van der Waals surface area (Å²) in [5, 5.41) is 20.4. The van der Waals surface area contributed by atoms with Gasteiger partial charge in [0.1, 0.15) is 5.92 Å². The summed E-state index contributed by atoms with van der Waals surface area (Å²) in [5.74, 6) is -0.597. The minimum Gasteiger partial charge on any atom is -0.259 e. The van der Waals surface area contributed by atoms with Crippen LogP contribution < -0.4 is 0 Å². The highest BCUT2D eigenvalue weighted by atomic mass is 79.9. The lowest BCUT2D eigenvalue weighted by Gasteiger charge is -2.05. The molecule has 0 spiro atoms. The molecule has 0 amide bonds. The van der Waals surface area contributed by atoms with Gasteiger partial charge in [-0.15, -0.1) is 0 Å². The highest BCUT2D eigenvalue weighted by Gasteiger charge is 2.38. The first-order chi connectivity index (χ1) is 5.00. The maximum Gasteiger partial charge on any atom is 0.453 e. The van der Waals surface area contributed by atoms with Gasteiger partial charge in [-0.25, -0.2) is 0 Å². The van der Waals surface area contributed by atoms with Crippen LogP contribution in [-0.4, -0.2) is 21.3 Å². The van der Waals surface area contributed by atoms with Gasteiger partial charge < -0.3 is 0 Å². The van der Waals surface area contributed by atoms with E-state index in [1.165, 1.54) is 6.92 Å². The van der Waals surface area contributed by atoms with Crippen molar-refractivity contribution in [3.63, 3.8) is 0 Å². The Labute approximate surface area is 71.0 Å². The predicted molar refractivity (Wildman–Crippen MR) is 40.7 cm³/mol. The van der Waals surface area contributed by atoms with Gasteiger partial charge in [0, 0.05) is 5.33 Å². The molecule has 0 aromatic carbocycles. The van der Waals surface area contributed by atoms with Crippen molar-refractivity contribution in [2.24, 2.45) is 5.92 Å². The zero-order valence-electron chi connectivity index (χ0n) is 5.77. The molecule has 0 radical (unpaired) electrons. The number of halogens is 1. The number of nitrogens with zero attached hydrogens (tertiary/aromatic N) is 2. The van der Waals surface area contributed by atoms with Crippen LogP contribution in [0.4, 0.5) is 0 Å². The SMILES string of the molecule is CC(CBr)C([N+](=O)[O-])[N+](=O)[O-]. The highest BCUT2D eigenvalue weighted by molar-refractivity contribution is 9.09. The van der Waals surface area contributed by atoms with Crippen LogP contribution >= 0.6 is 15.9 Å². The molecule has 0 N–H and O–H groups in total. The Morgan fingerprint density at radius 1 is 1.36 bits per heavy atom. The monoisotopic (exact) mass is 226 g/mol. The van der Waals surface area contributed by atoms with Crippen molar-refractivity contribution in [1.29, 1.82) is 0 Å². The molecule has 1 unspecified atom stereocenters. The van der Waals surface area contributed by atoms with Gasteiger partial charge in [-0.1, -0.05) is 15.9 Å². The molecule has 0 aromatic heterocycles. The molecule has 0 fully saturated rings. The second-order valence-corrected chi connectivity index (χ2v) is 2.76. The van der Waals surface area contributed by atoms with E-state index in [4.69, 9.17) is 0 Å². The van der Waals surface area contributed by atoms with Gasteiger partial charge in [-0.3, -0.25) is 20.2 Å². The molecule has 6 nitrogen and oxygen atoms in total. The van der Waals surface area contributed by atoms with Crippen molar-refractivity contribution in [1.82, 2.24) is 0 Å². The number of hydrogen-bond acceptors (Lipinski definition) is 4. The molecule has 11 heavy (non-hydrogen) atoms. The Kier molecular flexibility index (Phi) is 3.94. The first-order valence-corrected chi connectivity index (χ1v) is 3.95. The Hall–Kier alpha value is -0.720. The molecule has 0 saturated carbocycles. The molecule has 64 valence electrons. The molecule has 0 aromatic rings. The van der Waals surface area contributed by atoms with Gasteiger partial charge >= 0.3 is 6.17 Å². The number of rotatable bonds is 4. The first kappa shape index (κ1) is 10.3. The molecular formula is C4H7BrN2O4. The van der Waals surface area contributed by atoms with E-state index >= 15 is 0 Å². The van der Waals surface area contributed by atoms with Crippen LogP contribution in [0.3, 0.4) is 0 Å². The quantitative estimate of drug-likeness (QED) is 0.309. The minimum atomic E-state index is -1.70. The standard InChI is InChI=1S/C4H7BrN2O4/c1-3(2-5)4(6(8)9)7(10)11/h3-4H,2H2,1H3. The molecule has 0 aliphatic carbocycles. The van der Waals surface area contributed by atoms with E-state index in [2.05, 4.69) is 15.9 Å². The lowest BCUT2D eigenvalue weighted by atomic mass is 10.2. The van der Waals surface area contributed by atoms with E-state index in [0.717, 1.165) is 0 Å². The Balaban J connectivity index is 4.34. The molecule has 1 atom stereocenters. The van der Waals surface area contributed by atoms with Crippen molar-refractivity contribution in [3.05, 3.63) is 20.2 Å². The molecule has 0 rings (SSSR count). The molecule has 0 aliphatic heterocycles. The lowest BCUT2D eigenvalue weighted by Crippen LogP contribution is -2.35. The fourth-order valence-electron chi connectivity index (χ4n) is 0.572. The zero-order valence-corrected chi connectivity index (χ0v) is 7.35. The summed E-state index contributed by atoms with van der Waals surface area (Å²) >= 11 is 2.94. The Morgan fingerprint density at radius 3 is 1.82 bits per heavy atom. The van der Waals surface area contributed by atoms with Gasteiger partial charge in [-0.05, 0) is 6.92 Å². The summed E-state index contributed by atoms with van der Waals surface area (Å²) < 4.78 is 0. The van der Waals surface area contributed by atoms with E-state index in [1.54, 1.807) is 0 Å². The predicted octanol–water partition coefficient (Wildman–Crippen LogP) is 0.897. The van der Waals surface area contributed by atoms with E-state index in [0.29, 0.717) is 0 Å². The molecule has 0 bridgehead atoms. The third-order valence-electron chi connectivity index (χ3n) is 1.18. The molecule has 0 saturated heterocycles. The summed E-state index contributed by atoms with van der Waals surface area (Å²) in [6.45, 7) is 1.45. The average molecular weight is 227 g/mol. The highest BCUT2D eigenvalue weighted by Crippen LogP contribution is 2.09. The zero-order chi connectivity index (χ0) is 9.02. The fourth-order valence-corrected chi connectivity index (χ4v) is 0.907. The van der Waals surface area contributed by atoms with E-state index in [9.17, 15) is 20.2 Å². The number of hydrogen-bond donors (Lipinski definition) is 0. The van der Waals surface area contributed by atoms with Gasteiger partial charge in [0.2, 0.25) is 0 Å². The third kappa shape index (κ3) is 2.79. The largest absolute Gasteiger partial charge is 0.453 e. The molecule has 0 heterocycles. The smallest absolute Gasteiger partial charge is 0.259 e. The van der Waals surface area contributed by atoms with Crippen LogP contribution in [0.2, 0.25) is 0 Å². The van der Waals surface area contributed by atoms with Crippen molar-refractivity contribution in [2.45, 2.75) is 13.1 Å². The summed E-state index contributed by atoms with van der Waals surface area (Å²) in [7, 11) is 0. The first-order valence-electron chi connectivity index (χ1n) is 2.83. The van der Waals surface area contributed by atoms with E-state index in [1.807, 2.05) is 0 Å². The van der Waals surface area contributed by atoms with Crippen LogP contribution in [0.15, 0.2) is 0 Å². The normalized spacial score (nSPS) is 13.0. The van der Waals surface area contributed by atoms with Gasteiger partial charge in [0.15, 0.2) is 0 Å². The van der Waals surface area contributed by atoms with E-state index in [-0.39, 0.29) is 5.33 Å². The van der Waals surface area contributed by atoms with Crippen LogP contribution in [0.25, 0.3) is 0 Å². The molecule has 7 heteroatoms. The van der Waals surface area contributed by atoms with Crippen LogP contribution in [0.1, 0.15) is 6.92 Å². The fraction of sp³-hybridized carbons (Fsp3) is 1.00. The van der Waals surface area contributed by atoms with Gasteiger partial charge in [0.05, 0.1) is 9.85 Å². The van der Waals surface area contributed by atoms with Crippen molar-refractivity contribution >= 4 is 15.9 Å².